The molecule has 1 aromatic carbocycles. The van der Waals surface area contributed by atoms with Crippen LogP contribution in [-0.2, 0) is 0 Å². The lowest BCUT2D eigenvalue weighted by atomic mass is 10.3. The number of nitro groups is 1. The van der Waals surface area contributed by atoms with Gasteiger partial charge >= 0.3 is 5.69 Å². The average molecular weight is 225 g/mol. The van der Waals surface area contributed by atoms with Crippen LogP contribution in [0.15, 0.2) is 36.4 Å². The molecule has 0 fully saturated rings. The SMILES string of the molecule is O=[N+]([O-])c1ccccc1OCC=CCS. The van der Waals surface area contributed by atoms with Crippen molar-refractivity contribution in [2.45, 2.75) is 0 Å². The fraction of sp³-hybridized carbons (Fsp3) is 0.200. The second-order valence-electron chi connectivity index (χ2n) is 2.69. The monoisotopic (exact) mass is 225 g/mol. The number of hydrogen-bond donors (Lipinski definition) is 1. The van der Waals surface area contributed by atoms with Gasteiger partial charge in [0.25, 0.3) is 0 Å². The molecule has 0 bridgehead atoms. The fourth-order valence-corrected chi connectivity index (χ4v) is 1.16. The van der Waals surface area contributed by atoms with Gasteiger partial charge in [-0.05, 0) is 6.07 Å². The van der Waals surface area contributed by atoms with Gasteiger partial charge in [-0.1, -0.05) is 24.3 Å². The molecule has 1 aromatic rings. The molecule has 0 radical (unpaired) electrons. The number of nitrogens with zero attached hydrogens (tertiary/aromatic N) is 1. The van der Waals surface area contributed by atoms with Crippen molar-refractivity contribution in [2.75, 3.05) is 12.4 Å². The minimum Gasteiger partial charge on any atom is -0.483 e. The first-order chi connectivity index (χ1) is 7.25. The second-order valence-corrected chi connectivity index (χ2v) is 3.05. The zero-order valence-electron chi connectivity index (χ0n) is 8.00. The van der Waals surface area contributed by atoms with Gasteiger partial charge in [0.1, 0.15) is 6.61 Å². The minimum absolute atomic E-state index is 0.0169. The van der Waals surface area contributed by atoms with Gasteiger partial charge in [0, 0.05) is 11.8 Å². The molecule has 5 heteroatoms. The lowest BCUT2D eigenvalue weighted by molar-refractivity contribution is -0.385. The van der Waals surface area contributed by atoms with Crippen LogP contribution in [0.4, 0.5) is 5.69 Å². The van der Waals surface area contributed by atoms with Crippen LogP contribution in [0, 0.1) is 10.1 Å². The summed E-state index contributed by atoms with van der Waals surface area (Å²) >= 11 is 3.98. The lowest BCUT2D eigenvalue weighted by Crippen LogP contribution is -1.97. The number of thiol groups is 1. The van der Waals surface area contributed by atoms with Crippen LogP contribution in [0.5, 0.6) is 5.75 Å². The van der Waals surface area contributed by atoms with Gasteiger partial charge in [0.15, 0.2) is 5.75 Å². The molecule has 0 saturated heterocycles. The van der Waals surface area contributed by atoms with Crippen molar-refractivity contribution in [3.05, 3.63) is 46.5 Å². The fourth-order valence-electron chi connectivity index (χ4n) is 1.01. The van der Waals surface area contributed by atoms with Crippen molar-refractivity contribution in [2.24, 2.45) is 0 Å². The van der Waals surface area contributed by atoms with E-state index in [2.05, 4.69) is 12.6 Å². The Hall–Kier alpha value is -1.49. The van der Waals surface area contributed by atoms with Crippen LogP contribution in [0.25, 0.3) is 0 Å². The lowest BCUT2D eigenvalue weighted by Gasteiger charge is -2.02. The number of nitro benzene ring substituents is 1. The van der Waals surface area contributed by atoms with E-state index in [9.17, 15) is 10.1 Å². The normalized spacial score (nSPS) is 10.5. The molecule has 0 heterocycles. The summed E-state index contributed by atoms with van der Waals surface area (Å²) < 4.78 is 5.24. The van der Waals surface area contributed by atoms with Crippen molar-refractivity contribution < 1.29 is 9.66 Å². The summed E-state index contributed by atoms with van der Waals surface area (Å²) in [5.74, 6) is 0.909. The first-order valence-corrected chi connectivity index (χ1v) is 5.01. The van der Waals surface area contributed by atoms with E-state index in [-0.39, 0.29) is 11.4 Å². The molecule has 0 aliphatic carbocycles. The molecule has 0 saturated carbocycles. The summed E-state index contributed by atoms with van der Waals surface area (Å²) in [6.07, 6.45) is 3.58. The predicted molar refractivity (Wildman–Crippen MR) is 61.6 cm³/mol. The van der Waals surface area contributed by atoms with Gasteiger partial charge in [0.2, 0.25) is 0 Å². The zero-order valence-corrected chi connectivity index (χ0v) is 8.89. The molecule has 1 rings (SSSR count). The number of rotatable bonds is 5. The number of hydrogen-bond acceptors (Lipinski definition) is 4. The summed E-state index contributed by atoms with van der Waals surface area (Å²) in [7, 11) is 0. The molecular weight excluding hydrogens is 214 g/mol. The highest BCUT2D eigenvalue weighted by Crippen LogP contribution is 2.25. The molecule has 0 unspecified atom stereocenters. The quantitative estimate of drug-likeness (QED) is 0.362. The third kappa shape index (κ3) is 3.63. The maximum absolute atomic E-state index is 10.6. The largest absolute Gasteiger partial charge is 0.483 e. The van der Waals surface area contributed by atoms with Gasteiger partial charge in [-0.2, -0.15) is 12.6 Å². The first-order valence-electron chi connectivity index (χ1n) is 4.37. The predicted octanol–water partition coefficient (Wildman–Crippen LogP) is 2.46. The Morgan fingerprint density at radius 2 is 2.13 bits per heavy atom. The van der Waals surface area contributed by atoms with E-state index in [0.29, 0.717) is 12.4 Å². The zero-order chi connectivity index (χ0) is 11.1. The topological polar surface area (TPSA) is 52.4 Å². The van der Waals surface area contributed by atoms with Gasteiger partial charge in [-0.3, -0.25) is 10.1 Å². The summed E-state index contributed by atoms with van der Waals surface area (Å²) in [5.41, 5.74) is -0.0169. The maximum Gasteiger partial charge on any atom is 0.310 e. The molecule has 0 aliphatic heterocycles. The summed E-state index contributed by atoms with van der Waals surface area (Å²) in [4.78, 5) is 10.1. The molecule has 0 amide bonds. The molecule has 0 atom stereocenters. The Bertz CT molecular complexity index is 365. The van der Waals surface area contributed by atoms with E-state index in [1.807, 2.05) is 6.08 Å². The number of ether oxygens (including phenoxy) is 1. The molecule has 15 heavy (non-hydrogen) atoms. The standard InChI is InChI=1S/C10H11NO3S/c12-11(13)9-5-1-2-6-10(9)14-7-3-4-8-15/h1-6,15H,7-8H2. The van der Waals surface area contributed by atoms with Crippen molar-refractivity contribution in [3.63, 3.8) is 0 Å². The highest BCUT2D eigenvalue weighted by molar-refractivity contribution is 7.80. The summed E-state index contributed by atoms with van der Waals surface area (Å²) in [6.45, 7) is 0.311. The van der Waals surface area contributed by atoms with E-state index >= 15 is 0 Å². The Labute approximate surface area is 93.1 Å². The Morgan fingerprint density at radius 3 is 2.80 bits per heavy atom. The van der Waals surface area contributed by atoms with Crippen LogP contribution in [-0.4, -0.2) is 17.3 Å². The van der Waals surface area contributed by atoms with Crippen molar-refractivity contribution in [1.29, 1.82) is 0 Å². The van der Waals surface area contributed by atoms with Crippen LogP contribution in [0.3, 0.4) is 0 Å². The van der Waals surface area contributed by atoms with E-state index in [1.165, 1.54) is 6.07 Å². The van der Waals surface area contributed by atoms with Gasteiger partial charge in [0.05, 0.1) is 4.92 Å². The Balaban J connectivity index is 2.67. The molecule has 4 nitrogen and oxygen atoms in total. The summed E-state index contributed by atoms with van der Waals surface area (Å²) in [5, 5.41) is 10.6. The van der Waals surface area contributed by atoms with E-state index < -0.39 is 4.92 Å². The van der Waals surface area contributed by atoms with E-state index in [0.717, 1.165) is 0 Å². The van der Waals surface area contributed by atoms with Crippen molar-refractivity contribution >= 4 is 18.3 Å². The maximum atomic E-state index is 10.6. The number of benzene rings is 1. The number of para-hydroxylation sites is 2. The van der Waals surface area contributed by atoms with E-state index in [4.69, 9.17) is 4.74 Å². The molecule has 0 spiro atoms. The van der Waals surface area contributed by atoms with Gasteiger partial charge in [-0.25, -0.2) is 0 Å². The highest BCUT2D eigenvalue weighted by atomic mass is 32.1. The third-order valence-electron chi connectivity index (χ3n) is 1.67. The Morgan fingerprint density at radius 1 is 1.40 bits per heavy atom. The summed E-state index contributed by atoms with van der Waals surface area (Å²) in [6, 6.07) is 6.30. The van der Waals surface area contributed by atoms with Gasteiger partial charge < -0.3 is 4.74 Å². The van der Waals surface area contributed by atoms with Crippen LogP contribution < -0.4 is 4.74 Å². The van der Waals surface area contributed by atoms with Crippen LogP contribution in [0.1, 0.15) is 0 Å². The molecule has 0 aliphatic rings. The third-order valence-corrected chi connectivity index (χ3v) is 1.88. The van der Waals surface area contributed by atoms with Crippen molar-refractivity contribution in [1.82, 2.24) is 0 Å². The smallest absolute Gasteiger partial charge is 0.310 e. The van der Waals surface area contributed by atoms with E-state index in [1.54, 1.807) is 24.3 Å². The van der Waals surface area contributed by atoms with Crippen LogP contribution >= 0.6 is 12.6 Å². The highest BCUT2D eigenvalue weighted by Gasteiger charge is 2.12. The minimum atomic E-state index is -0.461. The Kier molecular flexibility index (Phi) is 4.70. The van der Waals surface area contributed by atoms with Crippen molar-refractivity contribution in [3.8, 4) is 5.75 Å². The molecular formula is C10H11NO3S. The molecule has 0 N–H and O–H groups in total. The first kappa shape index (κ1) is 11.6. The molecule has 0 aromatic heterocycles. The van der Waals surface area contributed by atoms with Crippen LogP contribution in [0.2, 0.25) is 0 Å². The molecule has 80 valence electrons. The average Bonchev–Trinajstić information content (AvgIpc) is 2.25. The second kappa shape index (κ2) is 6.08. The van der Waals surface area contributed by atoms with Gasteiger partial charge in [-0.15, -0.1) is 0 Å².